The zero-order valence-corrected chi connectivity index (χ0v) is 14.9. The molecule has 2 heterocycles. The monoisotopic (exact) mass is 375 g/mol. The van der Waals surface area contributed by atoms with Crippen molar-refractivity contribution >= 4 is 46.7 Å². The zero-order valence-electron chi connectivity index (χ0n) is 12.5. The second-order valence-corrected chi connectivity index (χ2v) is 6.26. The molecule has 0 aliphatic rings. The van der Waals surface area contributed by atoms with Crippen LogP contribution in [0.1, 0.15) is 5.56 Å². The minimum atomic E-state index is -0.243. The molecule has 0 radical (unpaired) electrons. The van der Waals surface area contributed by atoms with E-state index in [1.54, 1.807) is 20.4 Å². The van der Waals surface area contributed by atoms with Gasteiger partial charge in [0.25, 0.3) is 0 Å². The van der Waals surface area contributed by atoms with Crippen LogP contribution in [-0.4, -0.2) is 45.1 Å². The van der Waals surface area contributed by atoms with Crippen molar-refractivity contribution in [3.05, 3.63) is 28.1 Å². The summed E-state index contributed by atoms with van der Waals surface area (Å²) in [5.74, 6) is 0.207. The molecule has 10 heteroatoms. The number of rotatable bonds is 7. The summed E-state index contributed by atoms with van der Waals surface area (Å²) < 4.78 is 6.83. The number of aromatic nitrogens is 4. The fourth-order valence-electron chi connectivity index (χ4n) is 1.64. The molecule has 2 aromatic heterocycles. The van der Waals surface area contributed by atoms with Crippen LogP contribution in [0.15, 0.2) is 17.7 Å². The maximum Gasteiger partial charge on any atom is 0.236 e. The number of carbonyl (C=O) groups excluding carboxylic acids is 1. The molecule has 0 aliphatic carbocycles. The number of hydrogen-bond donors (Lipinski definition) is 1. The predicted molar refractivity (Wildman–Crippen MR) is 90.2 cm³/mol. The number of nitrogens with one attached hydrogen (secondary N) is 1. The molecule has 1 N–H and O–H groups in total. The molecule has 2 aromatic rings. The van der Waals surface area contributed by atoms with Gasteiger partial charge in [-0.3, -0.25) is 4.79 Å². The van der Waals surface area contributed by atoms with Crippen molar-refractivity contribution < 1.29 is 9.53 Å². The van der Waals surface area contributed by atoms with E-state index in [0.29, 0.717) is 39.7 Å². The van der Waals surface area contributed by atoms with E-state index in [1.165, 1.54) is 18.0 Å². The Bertz CT molecular complexity index is 695. The topological polar surface area (TPSA) is 81.9 Å². The van der Waals surface area contributed by atoms with Gasteiger partial charge in [0, 0.05) is 19.9 Å². The molecule has 0 fully saturated rings. The quantitative estimate of drug-likeness (QED) is 0.749. The number of hydrogen-bond acceptors (Lipinski definition) is 6. The number of halogens is 2. The maximum atomic E-state index is 12.0. The predicted octanol–water partition coefficient (Wildman–Crippen LogP) is 2.67. The van der Waals surface area contributed by atoms with Gasteiger partial charge in [-0.05, 0) is 12.5 Å². The van der Waals surface area contributed by atoms with Crippen LogP contribution in [0.5, 0.6) is 0 Å². The van der Waals surface area contributed by atoms with E-state index >= 15 is 0 Å². The van der Waals surface area contributed by atoms with Crippen LogP contribution in [-0.2, 0) is 16.1 Å². The molecule has 0 unspecified atom stereocenters. The van der Waals surface area contributed by atoms with Crippen LogP contribution in [0.4, 0.5) is 5.82 Å². The summed E-state index contributed by atoms with van der Waals surface area (Å²) in [5, 5.41) is 11.9. The summed E-state index contributed by atoms with van der Waals surface area (Å²) in [4.78, 5) is 16.1. The van der Waals surface area contributed by atoms with E-state index in [2.05, 4.69) is 20.5 Å². The summed E-state index contributed by atoms with van der Waals surface area (Å²) in [6.45, 7) is 2.92. The Labute approximate surface area is 147 Å². The number of amides is 1. The minimum absolute atomic E-state index is 0.158. The Balaban J connectivity index is 1.93. The average molecular weight is 376 g/mol. The van der Waals surface area contributed by atoms with Crippen molar-refractivity contribution in [3.8, 4) is 0 Å². The molecule has 0 saturated carbocycles. The third kappa shape index (κ3) is 4.81. The number of nitrogens with zero attached hydrogens (tertiary/aromatic N) is 4. The second kappa shape index (κ2) is 8.49. The van der Waals surface area contributed by atoms with Crippen LogP contribution in [0, 0.1) is 6.92 Å². The highest BCUT2D eigenvalue weighted by molar-refractivity contribution is 7.99. The smallest absolute Gasteiger partial charge is 0.236 e. The highest BCUT2D eigenvalue weighted by atomic mass is 35.5. The number of pyridine rings is 1. The summed E-state index contributed by atoms with van der Waals surface area (Å²) >= 11 is 13.3. The fourth-order valence-corrected chi connectivity index (χ4v) is 2.77. The van der Waals surface area contributed by atoms with E-state index in [0.717, 1.165) is 0 Å². The summed E-state index contributed by atoms with van der Waals surface area (Å²) in [7, 11) is 1.62. The molecule has 2 rings (SSSR count). The van der Waals surface area contributed by atoms with Crippen molar-refractivity contribution in [3.63, 3.8) is 0 Å². The van der Waals surface area contributed by atoms with Gasteiger partial charge in [0.1, 0.15) is 6.33 Å². The van der Waals surface area contributed by atoms with Crippen LogP contribution < -0.4 is 5.32 Å². The van der Waals surface area contributed by atoms with Crippen molar-refractivity contribution in [1.82, 2.24) is 19.7 Å². The molecule has 124 valence electrons. The normalized spacial score (nSPS) is 10.8. The Hall–Kier alpha value is -1.35. The highest BCUT2D eigenvalue weighted by Gasteiger charge is 2.13. The SMILES string of the molecule is COCCn1cnnc1SCC(=O)Nc1ncc(Cl)c(C)c1Cl. The largest absolute Gasteiger partial charge is 0.383 e. The first-order valence-electron chi connectivity index (χ1n) is 6.63. The molecular weight excluding hydrogens is 361 g/mol. The Morgan fingerprint density at radius 2 is 2.26 bits per heavy atom. The molecule has 0 saturated heterocycles. The fraction of sp³-hybridized carbons (Fsp3) is 0.385. The van der Waals surface area contributed by atoms with Gasteiger partial charge in [-0.2, -0.15) is 0 Å². The van der Waals surface area contributed by atoms with Gasteiger partial charge in [0.05, 0.1) is 22.4 Å². The number of carbonyl (C=O) groups is 1. The first kappa shape index (κ1) is 18.0. The van der Waals surface area contributed by atoms with E-state index in [1.807, 2.05) is 4.57 Å². The zero-order chi connectivity index (χ0) is 16.8. The Morgan fingerprint density at radius 3 is 3.00 bits per heavy atom. The van der Waals surface area contributed by atoms with Gasteiger partial charge in [-0.25, -0.2) is 4.98 Å². The van der Waals surface area contributed by atoms with E-state index in [-0.39, 0.29) is 11.7 Å². The summed E-state index contributed by atoms with van der Waals surface area (Å²) in [5.41, 5.74) is 0.672. The lowest BCUT2D eigenvalue weighted by molar-refractivity contribution is -0.113. The van der Waals surface area contributed by atoms with Crippen molar-refractivity contribution in [2.75, 3.05) is 24.8 Å². The van der Waals surface area contributed by atoms with E-state index in [9.17, 15) is 4.79 Å². The number of ether oxygens (including phenoxy) is 1. The minimum Gasteiger partial charge on any atom is -0.383 e. The lowest BCUT2D eigenvalue weighted by Crippen LogP contribution is -2.16. The molecule has 0 bridgehead atoms. The van der Waals surface area contributed by atoms with Crippen LogP contribution in [0.3, 0.4) is 0 Å². The first-order chi connectivity index (χ1) is 11.0. The van der Waals surface area contributed by atoms with Crippen LogP contribution in [0.2, 0.25) is 10.0 Å². The Morgan fingerprint density at radius 1 is 1.48 bits per heavy atom. The Kier molecular flexibility index (Phi) is 6.64. The second-order valence-electron chi connectivity index (χ2n) is 4.53. The van der Waals surface area contributed by atoms with E-state index < -0.39 is 0 Å². The van der Waals surface area contributed by atoms with Gasteiger partial charge >= 0.3 is 0 Å². The highest BCUT2D eigenvalue weighted by Crippen LogP contribution is 2.28. The molecule has 23 heavy (non-hydrogen) atoms. The molecule has 0 spiro atoms. The van der Waals surface area contributed by atoms with Gasteiger partial charge < -0.3 is 14.6 Å². The standard InChI is InChI=1S/C13H15Cl2N5O2S/c1-8-9(14)5-16-12(11(8)15)18-10(21)6-23-13-19-17-7-20(13)3-4-22-2/h5,7H,3-4,6H2,1-2H3,(H,16,18,21). The molecular formula is C13H15Cl2N5O2S. The van der Waals surface area contributed by atoms with E-state index in [4.69, 9.17) is 27.9 Å². The van der Waals surface area contributed by atoms with Crippen LogP contribution >= 0.6 is 35.0 Å². The lowest BCUT2D eigenvalue weighted by atomic mass is 10.3. The van der Waals surface area contributed by atoms with Crippen LogP contribution in [0.25, 0.3) is 0 Å². The molecule has 7 nitrogen and oxygen atoms in total. The van der Waals surface area contributed by atoms with Crippen molar-refractivity contribution in [2.45, 2.75) is 18.6 Å². The summed E-state index contributed by atoms with van der Waals surface area (Å²) in [6, 6.07) is 0. The molecule has 0 aromatic carbocycles. The van der Waals surface area contributed by atoms with Gasteiger partial charge in [0.2, 0.25) is 5.91 Å². The van der Waals surface area contributed by atoms with Gasteiger partial charge in [-0.1, -0.05) is 35.0 Å². The molecule has 0 atom stereocenters. The third-order valence-electron chi connectivity index (χ3n) is 2.91. The number of thioether (sulfide) groups is 1. The molecule has 1 amide bonds. The third-order valence-corrected chi connectivity index (χ3v) is 4.73. The van der Waals surface area contributed by atoms with Gasteiger partial charge in [0.15, 0.2) is 11.0 Å². The van der Waals surface area contributed by atoms with Crippen molar-refractivity contribution in [2.24, 2.45) is 0 Å². The maximum absolute atomic E-state index is 12.0. The number of anilines is 1. The first-order valence-corrected chi connectivity index (χ1v) is 8.37. The molecule has 0 aliphatic heterocycles. The van der Waals surface area contributed by atoms with Gasteiger partial charge in [-0.15, -0.1) is 10.2 Å². The summed E-state index contributed by atoms with van der Waals surface area (Å²) in [6.07, 6.45) is 3.05. The number of methoxy groups -OCH3 is 1. The lowest BCUT2D eigenvalue weighted by Gasteiger charge is -2.09. The average Bonchev–Trinajstić information content (AvgIpc) is 2.99. The van der Waals surface area contributed by atoms with Crippen molar-refractivity contribution in [1.29, 1.82) is 0 Å².